The molecule has 0 aliphatic carbocycles. The summed E-state index contributed by atoms with van der Waals surface area (Å²) in [6.45, 7) is 9.97. The number of piperidine rings is 1. The van der Waals surface area contributed by atoms with Gasteiger partial charge in [-0.15, -0.1) is 12.4 Å². The van der Waals surface area contributed by atoms with Gasteiger partial charge in [-0.1, -0.05) is 27.7 Å². The molecule has 1 aliphatic rings. The second-order valence-corrected chi connectivity index (χ2v) is 5.58. The van der Waals surface area contributed by atoms with Gasteiger partial charge in [-0.2, -0.15) is 0 Å². The maximum atomic E-state index is 12.3. The Hall–Kier alpha value is -0.280. The normalized spacial score (nSPS) is 26.6. The second kappa shape index (κ2) is 7.22. The van der Waals surface area contributed by atoms with Gasteiger partial charge in [0.15, 0.2) is 0 Å². The first-order valence-electron chi connectivity index (χ1n) is 6.47. The van der Waals surface area contributed by atoms with Crippen molar-refractivity contribution in [3.8, 4) is 0 Å². The van der Waals surface area contributed by atoms with Gasteiger partial charge >= 0.3 is 0 Å². The fourth-order valence-electron chi connectivity index (χ4n) is 2.31. The summed E-state index contributed by atoms with van der Waals surface area (Å²) in [6, 6.07) is 0.262. The maximum Gasteiger partial charge on any atom is 0.225 e. The van der Waals surface area contributed by atoms with E-state index in [1.807, 2.05) is 11.8 Å². The summed E-state index contributed by atoms with van der Waals surface area (Å²) < 4.78 is 0. The smallest absolute Gasteiger partial charge is 0.225 e. The molecule has 0 radical (unpaired) electrons. The highest BCUT2D eigenvalue weighted by molar-refractivity contribution is 5.85. The van der Waals surface area contributed by atoms with Crippen molar-refractivity contribution in [1.29, 1.82) is 0 Å². The van der Waals surface area contributed by atoms with Gasteiger partial charge in [-0.3, -0.25) is 4.79 Å². The fraction of sp³-hybridized carbons (Fsp3) is 0.923. The third kappa shape index (κ3) is 4.14. The number of halogens is 1. The predicted octanol–water partition coefficient (Wildman–Crippen LogP) is 2.29. The van der Waals surface area contributed by atoms with E-state index in [1.165, 1.54) is 0 Å². The van der Waals surface area contributed by atoms with Crippen LogP contribution in [0.15, 0.2) is 0 Å². The van der Waals surface area contributed by atoms with Crippen molar-refractivity contribution in [2.24, 2.45) is 23.5 Å². The van der Waals surface area contributed by atoms with Gasteiger partial charge in [0.1, 0.15) is 0 Å². The third-order valence-electron chi connectivity index (χ3n) is 3.92. The summed E-state index contributed by atoms with van der Waals surface area (Å²) in [6.07, 6.45) is 2.18. The Bertz CT molecular complexity index is 246. The van der Waals surface area contributed by atoms with E-state index >= 15 is 0 Å². The van der Waals surface area contributed by atoms with Gasteiger partial charge < -0.3 is 10.6 Å². The molecule has 1 rings (SSSR count). The Balaban J connectivity index is 0.00000256. The Morgan fingerprint density at radius 1 is 1.41 bits per heavy atom. The summed E-state index contributed by atoms with van der Waals surface area (Å²) >= 11 is 0. The average Bonchev–Trinajstić information content (AvgIpc) is 2.26. The Morgan fingerprint density at radius 2 is 2.00 bits per heavy atom. The number of hydrogen-bond donors (Lipinski definition) is 1. The number of likely N-dealkylation sites (tertiary alicyclic amines) is 1. The number of amides is 1. The number of carbonyl (C=O) groups excluding carboxylic acids is 1. The molecule has 0 saturated carbocycles. The topological polar surface area (TPSA) is 46.3 Å². The van der Waals surface area contributed by atoms with Crippen LogP contribution in [0.3, 0.4) is 0 Å². The fourth-order valence-corrected chi connectivity index (χ4v) is 2.31. The van der Waals surface area contributed by atoms with E-state index in [4.69, 9.17) is 5.73 Å². The monoisotopic (exact) mass is 262 g/mol. The van der Waals surface area contributed by atoms with Crippen LogP contribution in [0.1, 0.15) is 40.5 Å². The Kier molecular flexibility index (Phi) is 7.10. The van der Waals surface area contributed by atoms with E-state index in [0.717, 1.165) is 19.4 Å². The Morgan fingerprint density at radius 3 is 2.47 bits per heavy atom. The summed E-state index contributed by atoms with van der Waals surface area (Å²) in [5.41, 5.74) is 5.78. The van der Waals surface area contributed by atoms with E-state index in [2.05, 4.69) is 20.8 Å². The first kappa shape index (κ1) is 16.7. The largest absolute Gasteiger partial charge is 0.338 e. The molecular weight excluding hydrogens is 236 g/mol. The number of nitrogens with two attached hydrogens (primary N) is 1. The van der Waals surface area contributed by atoms with Gasteiger partial charge in [-0.25, -0.2) is 0 Å². The number of rotatable bonds is 3. The van der Waals surface area contributed by atoms with Gasteiger partial charge in [0.05, 0.1) is 0 Å². The molecule has 1 aliphatic heterocycles. The molecule has 17 heavy (non-hydrogen) atoms. The second-order valence-electron chi connectivity index (χ2n) is 5.58. The molecule has 1 saturated heterocycles. The first-order valence-corrected chi connectivity index (χ1v) is 6.47. The van der Waals surface area contributed by atoms with Gasteiger partial charge in [-0.05, 0) is 24.7 Å². The average molecular weight is 263 g/mol. The summed E-state index contributed by atoms with van der Waals surface area (Å²) in [4.78, 5) is 14.3. The molecule has 3 atom stereocenters. The first-order chi connectivity index (χ1) is 7.47. The lowest BCUT2D eigenvalue weighted by molar-refractivity contribution is -0.140. The minimum Gasteiger partial charge on any atom is -0.338 e. The van der Waals surface area contributed by atoms with Crippen molar-refractivity contribution in [1.82, 2.24) is 4.90 Å². The van der Waals surface area contributed by atoms with Crippen molar-refractivity contribution in [3.63, 3.8) is 0 Å². The lowest BCUT2D eigenvalue weighted by Crippen LogP contribution is -2.51. The molecule has 0 aromatic rings. The molecule has 3 unspecified atom stereocenters. The van der Waals surface area contributed by atoms with Crippen molar-refractivity contribution in [2.75, 3.05) is 13.1 Å². The molecule has 1 heterocycles. The molecule has 2 N–H and O–H groups in total. The predicted molar refractivity (Wildman–Crippen MR) is 74.2 cm³/mol. The molecule has 4 heteroatoms. The molecule has 0 aromatic heterocycles. The summed E-state index contributed by atoms with van der Waals surface area (Å²) in [5, 5.41) is 0. The highest BCUT2D eigenvalue weighted by Gasteiger charge is 2.31. The molecule has 1 fully saturated rings. The van der Waals surface area contributed by atoms with Crippen LogP contribution in [0.4, 0.5) is 0 Å². The van der Waals surface area contributed by atoms with E-state index in [0.29, 0.717) is 18.4 Å². The van der Waals surface area contributed by atoms with Gasteiger partial charge in [0.2, 0.25) is 5.91 Å². The van der Waals surface area contributed by atoms with E-state index in [9.17, 15) is 4.79 Å². The Labute approximate surface area is 112 Å². The quantitative estimate of drug-likeness (QED) is 0.848. The van der Waals surface area contributed by atoms with Crippen LogP contribution >= 0.6 is 12.4 Å². The molecular formula is C13H27ClN2O. The van der Waals surface area contributed by atoms with Crippen LogP contribution in [-0.2, 0) is 4.79 Å². The standard InChI is InChI=1S/C13H26N2O.ClH/c1-9(2)11(4)13(16)15-6-5-10(3)7-12(15)8-14;/h9-12H,5-8,14H2,1-4H3;1H. The van der Waals surface area contributed by atoms with Crippen LogP contribution < -0.4 is 5.73 Å². The minimum absolute atomic E-state index is 0. The zero-order valence-corrected chi connectivity index (χ0v) is 12.3. The zero-order chi connectivity index (χ0) is 12.3. The van der Waals surface area contributed by atoms with E-state index in [1.54, 1.807) is 0 Å². The molecule has 102 valence electrons. The third-order valence-corrected chi connectivity index (χ3v) is 3.92. The molecule has 0 bridgehead atoms. The van der Waals surface area contributed by atoms with Crippen molar-refractivity contribution in [2.45, 2.75) is 46.6 Å². The van der Waals surface area contributed by atoms with Crippen LogP contribution in [0.2, 0.25) is 0 Å². The zero-order valence-electron chi connectivity index (χ0n) is 11.5. The highest BCUT2D eigenvalue weighted by Crippen LogP contribution is 2.25. The van der Waals surface area contributed by atoms with Crippen LogP contribution in [0.5, 0.6) is 0 Å². The van der Waals surface area contributed by atoms with Crippen LogP contribution in [0.25, 0.3) is 0 Å². The van der Waals surface area contributed by atoms with Crippen molar-refractivity contribution in [3.05, 3.63) is 0 Å². The summed E-state index contributed by atoms with van der Waals surface area (Å²) in [5.74, 6) is 1.51. The minimum atomic E-state index is 0. The van der Waals surface area contributed by atoms with Gasteiger partial charge in [0, 0.05) is 25.0 Å². The molecule has 0 aromatic carbocycles. The van der Waals surface area contributed by atoms with Gasteiger partial charge in [0.25, 0.3) is 0 Å². The molecule has 3 nitrogen and oxygen atoms in total. The SMILES string of the molecule is CC1CCN(C(=O)C(C)C(C)C)C(CN)C1.Cl. The number of hydrogen-bond acceptors (Lipinski definition) is 2. The lowest BCUT2D eigenvalue weighted by Gasteiger charge is -2.39. The highest BCUT2D eigenvalue weighted by atomic mass is 35.5. The van der Waals surface area contributed by atoms with E-state index in [-0.39, 0.29) is 30.3 Å². The van der Waals surface area contributed by atoms with Crippen LogP contribution in [-0.4, -0.2) is 29.9 Å². The summed E-state index contributed by atoms with van der Waals surface area (Å²) in [7, 11) is 0. The van der Waals surface area contributed by atoms with E-state index < -0.39 is 0 Å². The van der Waals surface area contributed by atoms with Crippen LogP contribution in [0, 0.1) is 17.8 Å². The molecule has 1 amide bonds. The number of nitrogens with zero attached hydrogens (tertiary/aromatic N) is 1. The lowest BCUT2D eigenvalue weighted by atomic mass is 9.89. The number of carbonyl (C=O) groups is 1. The molecule has 0 spiro atoms. The van der Waals surface area contributed by atoms with Crippen molar-refractivity contribution >= 4 is 18.3 Å². The van der Waals surface area contributed by atoms with Crippen molar-refractivity contribution < 1.29 is 4.79 Å². The maximum absolute atomic E-state index is 12.3.